The van der Waals surface area contributed by atoms with Gasteiger partial charge in [-0.3, -0.25) is 0 Å². The number of hydrogen-bond donors (Lipinski definition) is 1. The predicted molar refractivity (Wildman–Crippen MR) is 84.5 cm³/mol. The van der Waals surface area contributed by atoms with Crippen LogP contribution in [-0.2, 0) is 10.0 Å². The minimum atomic E-state index is -3.95. The Labute approximate surface area is 139 Å². The van der Waals surface area contributed by atoms with Crippen LogP contribution in [0.15, 0.2) is 47.4 Å². The van der Waals surface area contributed by atoms with Crippen molar-refractivity contribution in [3.05, 3.63) is 48.3 Å². The van der Waals surface area contributed by atoms with Gasteiger partial charge in [0.15, 0.2) is 11.5 Å². The van der Waals surface area contributed by atoms with Crippen LogP contribution in [0.3, 0.4) is 0 Å². The molecule has 24 heavy (non-hydrogen) atoms. The summed E-state index contributed by atoms with van der Waals surface area (Å²) in [5.74, 6) is 0.567. The maximum absolute atomic E-state index is 13.4. The Morgan fingerprint density at radius 2 is 2.00 bits per heavy atom. The van der Waals surface area contributed by atoms with E-state index < -0.39 is 21.9 Å². The lowest BCUT2D eigenvalue weighted by Gasteiger charge is -2.26. The summed E-state index contributed by atoms with van der Waals surface area (Å²) in [6.45, 7) is 0.191. The molecule has 128 valence electrons. The molecule has 1 aliphatic heterocycles. The fourth-order valence-electron chi connectivity index (χ4n) is 2.30. The summed E-state index contributed by atoms with van der Waals surface area (Å²) >= 11 is 0. The first-order valence-corrected chi connectivity index (χ1v) is 8.69. The number of nitrogens with one attached hydrogen (secondary N) is 1. The Balaban J connectivity index is 1.72. The van der Waals surface area contributed by atoms with Crippen LogP contribution in [0.25, 0.3) is 0 Å². The van der Waals surface area contributed by atoms with Crippen molar-refractivity contribution < 1.29 is 27.0 Å². The molecule has 8 heteroatoms. The third-order valence-electron chi connectivity index (χ3n) is 3.48. The predicted octanol–water partition coefficient (Wildman–Crippen LogP) is 1.95. The number of benzene rings is 2. The van der Waals surface area contributed by atoms with E-state index in [1.165, 1.54) is 13.2 Å². The van der Waals surface area contributed by atoms with Gasteiger partial charge >= 0.3 is 0 Å². The van der Waals surface area contributed by atoms with Crippen LogP contribution in [0.2, 0.25) is 0 Å². The van der Waals surface area contributed by atoms with E-state index in [-0.39, 0.29) is 23.8 Å². The SMILES string of the molecule is COc1ccc(F)cc1S(=O)(=O)NCC1COc2ccccc2O1. The monoisotopic (exact) mass is 353 g/mol. The van der Waals surface area contributed by atoms with Gasteiger partial charge in [0.2, 0.25) is 10.0 Å². The first kappa shape index (κ1) is 16.5. The number of para-hydroxylation sites is 2. The molecule has 0 spiro atoms. The van der Waals surface area contributed by atoms with Crippen molar-refractivity contribution >= 4 is 10.0 Å². The molecule has 1 heterocycles. The summed E-state index contributed by atoms with van der Waals surface area (Å²) in [4.78, 5) is -0.262. The molecule has 1 atom stereocenters. The molecule has 0 radical (unpaired) electrons. The zero-order chi connectivity index (χ0) is 17.2. The Kier molecular flexibility index (Phi) is 4.59. The lowest BCUT2D eigenvalue weighted by molar-refractivity contribution is 0.0943. The molecule has 0 saturated heterocycles. The van der Waals surface area contributed by atoms with Gasteiger partial charge in [-0.15, -0.1) is 0 Å². The summed E-state index contributed by atoms with van der Waals surface area (Å²) in [6.07, 6.45) is -0.491. The maximum Gasteiger partial charge on any atom is 0.244 e. The van der Waals surface area contributed by atoms with Crippen molar-refractivity contribution in [1.29, 1.82) is 0 Å². The van der Waals surface area contributed by atoms with Crippen LogP contribution < -0.4 is 18.9 Å². The highest BCUT2D eigenvalue weighted by atomic mass is 32.2. The largest absolute Gasteiger partial charge is 0.495 e. The number of fused-ring (bicyclic) bond motifs is 1. The number of halogens is 1. The van der Waals surface area contributed by atoms with E-state index in [2.05, 4.69) is 4.72 Å². The highest BCUT2D eigenvalue weighted by Gasteiger charge is 2.25. The number of methoxy groups -OCH3 is 1. The lowest BCUT2D eigenvalue weighted by Crippen LogP contribution is -2.40. The van der Waals surface area contributed by atoms with Gasteiger partial charge in [0.05, 0.1) is 13.7 Å². The van der Waals surface area contributed by atoms with Crippen LogP contribution in [0.5, 0.6) is 17.2 Å². The highest BCUT2D eigenvalue weighted by molar-refractivity contribution is 7.89. The quantitative estimate of drug-likeness (QED) is 0.889. The smallest absolute Gasteiger partial charge is 0.244 e. The fraction of sp³-hybridized carbons (Fsp3) is 0.250. The van der Waals surface area contributed by atoms with Crippen molar-refractivity contribution in [2.45, 2.75) is 11.0 Å². The molecule has 1 unspecified atom stereocenters. The normalized spacial score (nSPS) is 16.7. The number of hydrogen-bond acceptors (Lipinski definition) is 5. The zero-order valence-electron chi connectivity index (χ0n) is 12.9. The molecule has 1 aliphatic rings. The van der Waals surface area contributed by atoms with E-state index in [1.54, 1.807) is 18.2 Å². The van der Waals surface area contributed by atoms with Gasteiger partial charge in [0.25, 0.3) is 0 Å². The van der Waals surface area contributed by atoms with Crippen molar-refractivity contribution in [3.63, 3.8) is 0 Å². The van der Waals surface area contributed by atoms with Crippen molar-refractivity contribution in [2.75, 3.05) is 20.3 Å². The third-order valence-corrected chi connectivity index (χ3v) is 4.93. The Morgan fingerprint density at radius 1 is 1.25 bits per heavy atom. The molecule has 3 rings (SSSR count). The van der Waals surface area contributed by atoms with E-state index in [4.69, 9.17) is 14.2 Å². The second kappa shape index (κ2) is 6.66. The van der Waals surface area contributed by atoms with Crippen LogP contribution in [0, 0.1) is 5.82 Å². The van der Waals surface area contributed by atoms with Gasteiger partial charge in [-0.05, 0) is 30.3 Å². The molecule has 6 nitrogen and oxygen atoms in total. The standard InChI is InChI=1S/C16H16FNO5S/c1-21-15-7-6-11(17)8-16(15)24(19,20)18-9-12-10-22-13-4-2-3-5-14(13)23-12/h2-8,12,18H,9-10H2,1H3. The van der Waals surface area contributed by atoms with Crippen LogP contribution >= 0.6 is 0 Å². The molecule has 0 amide bonds. The van der Waals surface area contributed by atoms with Gasteiger partial charge < -0.3 is 14.2 Å². The minimum Gasteiger partial charge on any atom is -0.495 e. The zero-order valence-corrected chi connectivity index (χ0v) is 13.7. The first-order chi connectivity index (χ1) is 11.5. The van der Waals surface area contributed by atoms with Gasteiger partial charge in [-0.25, -0.2) is 17.5 Å². The first-order valence-electron chi connectivity index (χ1n) is 7.21. The van der Waals surface area contributed by atoms with Crippen molar-refractivity contribution in [2.24, 2.45) is 0 Å². The molecular formula is C16H16FNO5S. The second-order valence-corrected chi connectivity index (χ2v) is 6.88. The summed E-state index contributed by atoms with van der Waals surface area (Å²) in [7, 11) is -2.63. The maximum atomic E-state index is 13.4. The van der Waals surface area contributed by atoms with Crippen molar-refractivity contribution in [1.82, 2.24) is 4.72 Å². The molecule has 2 aromatic carbocycles. The van der Waals surface area contributed by atoms with E-state index >= 15 is 0 Å². The fourth-order valence-corrected chi connectivity index (χ4v) is 3.55. The topological polar surface area (TPSA) is 73.9 Å². The van der Waals surface area contributed by atoms with Crippen molar-refractivity contribution in [3.8, 4) is 17.2 Å². The van der Waals surface area contributed by atoms with E-state index in [0.717, 1.165) is 12.1 Å². The highest BCUT2D eigenvalue weighted by Crippen LogP contribution is 2.31. The average molecular weight is 353 g/mol. The van der Waals surface area contributed by atoms with E-state index in [1.807, 2.05) is 6.07 Å². The molecule has 0 bridgehead atoms. The molecule has 0 fully saturated rings. The van der Waals surface area contributed by atoms with E-state index in [0.29, 0.717) is 11.5 Å². The molecule has 0 aromatic heterocycles. The van der Waals surface area contributed by atoms with Crippen LogP contribution in [-0.4, -0.2) is 34.8 Å². The minimum absolute atomic E-state index is 0.0175. The van der Waals surface area contributed by atoms with Crippen LogP contribution in [0.4, 0.5) is 4.39 Å². The lowest BCUT2D eigenvalue weighted by atomic mass is 10.2. The Hall–Kier alpha value is -2.32. The number of ether oxygens (including phenoxy) is 3. The molecular weight excluding hydrogens is 337 g/mol. The van der Waals surface area contributed by atoms with Gasteiger partial charge in [-0.2, -0.15) is 0 Å². The van der Waals surface area contributed by atoms with Gasteiger partial charge in [0.1, 0.15) is 29.2 Å². The van der Waals surface area contributed by atoms with E-state index in [9.17, 15) is 12.8 Å². The summed E-state index contributed by atoms with van der Waals surface area (Å²) in [5.41, 5.74) is 0. The third kappa shape index (κ3) is 3.44. The Bertz CT molecular complexity index is 840. The average Bonchev–Trinajstić information content (AvgIpc) is 2.60. The van der Waals surface area contributed by atoms with Gasteiger partial charge in [0, 0.05) is 0 Å². The van der Waals surface area contributed by atoms with Crippen LogP contribution in [0.1, 0.15) is 0 Å². The molecule has 0 saturated carbocycles. The molecule has 1 N–H and O–H groups in total. The second-order valence-electron chi connectivity index (χ2n) is 5.14. The number of sulfonamides is 1. The summed E-state index contributed by atoms with van der Waals surface area (Å²) < 4.78 is 56.8. The summed E-state index contributed by atoms with van der Waals surface area (Å²) in [6, 6.07) is 10.4. The summed E-state index contributed by atoms with van der Waals surface area (Å²) in [5, 5.41) is 0. The molecule has 2 aromatic rings. The molecule has 0 aliphatic carbocycles. The number of rotatable bonds is 5. The Morgan fingerprint density at radius 3 is 2.75 bits per heavy atom. The van der Waals surface area contributed by atoms with Gasteiger partial charge in [-0.1, -0.05) is 12.1 Å².